The second kappa shape index (κ2) is 10.7. The monoisotopic (exact) mass is 574 g/mol. The zero-order valence-corrected chi connectivity index (χ0v) is 23.1. The van der Waals surface area contributed by atoms with E-state index in [2.05, 4.69) is 35.6 Å². The zero-order valence-electron chi connectivity index (χ0n) is 22.2. The summed E-state index contributed by atoms with van der Waals surface area (Å²) in [5, 5.41) is 8.03. The van der Waals surface area contributed by atoms with Crippen molar-refractivity contribution in [3.05, 3.63) is 36.9 Å². The van der Waals surface area contributed by atoms with Gasteiger partial charge < -0.3 is 24.8 Å². The van der Waals surface area contributed by atoms with Crippen molar-refractivity contribution in [1.82, 2.24) is 29.6 Å². The van der Waals surface area contributed by atoms with Crippen LogP contribution in [-0.4, -0.2) is 77.1 Å². The van der Waals surface area contributed by atoms with Crippen LogP contribution >= 0.6 is 0 Å². The Hall–Kier alpha value is -3.70. The van der Waals surface area contributed by atoms with Crippen LogP contribution in [0.3, 0.4) is 0 Å². The van der Waals surface area contributed by atoms with E-state index in [-0.39, 0.29) is 28.7 Å². The lowest BCUT2D eigenvalue weighted by molar-refractivity contribution is -0.197. The van der Waals surface area contributed by atoms with Crippen molar-refractivity contribution in [1.29, 1.82) is 0 Å². The van der Waals surface area contributed by atoms with E-state index < -0.39 is 46.4 Å². The molecular formula is C24H30N8O7S. The van der Waals surface area contributed by atoms with E-state index in [1.807, 2.05) is 6.92 Å². The Morgan fingerprint density at radius 2 is 1.73 bits per heavy atom. The molecule has 2 aliphatic rings. The Labute approximate surface area is 230 Å². The van der Waals surface area contributed by atoms with Gasteiger partial charge in [-0.15, -0.1) is 0 Å². The number of carbonyl (C=O) groups excluding carboxylic acids is 2. The number of hydrogen-bond acceptors (Lipinski definition) is 10. The Balaban J connectivity index is 1.34. The lowest BCUT2D eigenvalue weighted by atomic mass is 10.1. The highest BCUT2D eigenvalue weighted by Crippen LogP contribution is 2.44. The molecule has 4 heterocycles. The summed E-state index contributed by atoms with van der Waals surface area (Å²) in [5.74, 6) is -1.11. The van der Waals surface area contributed by atoms with Gasteiger partial charge in [0.25, 0.3) is 5.91 Å². The Bertz CT molecular complexity index is 1530. The van der Waals surface area contributed by atoms with Gasteiger partial charge in [0.05, 0.1) is 11.2 Å². The van der Waals surface area contributed by atoms with Crippen molar-refractivity contribution in [2.24, 2.45) is 0 Å². The number of anilines is 2. The van der Waals surface area contributed by atoms with Gasteiger partial charge in [0, 0.05) is 18.8 Å². The SMILES string of the molecule is CCNC(=O)[C@H]1O[C@@H](n2cnc3c(NC(=O)Nc4ccc(S(=O)(=O)NCC)cc4)ncnc32)[C@@H]2OC(C)(C)O[C@@H]21. The molecule has 4 N–H and O–H groups in total. The summed E-state index contributed by atoms with van der Waals surface area (Å²) in [6, 6.07) is 5.09. The molecule has 0 unspecified atom stereocenters. The van der Waals surface area contributed by atoms with Crippen molar-refractivity contribution >= 4 is 44.6 Å². The van der Waals surface area contributed by atoms with Crippen LogP contribution in [0, 0.1) is 0 Å². The van der Waals surface area contributed by atoms with Gasteiger partial charge in [-0.3, -0.25) is 14.7 Å². The number of hydrogen-bond donors (Lipinski definition) is 4. The number of aromatic nitrogens is 4. The van der Waals surface area contributed by atoms with Crippen LogP contribution in [0.15, 0.2) is 41.8 Å². The van der Waals surface area contributed by atoms with Crippen LogP contribution in [0.1, 0.15) is 33.9 Å². The number of ether oxygens (including phenoxy) is 3. The number of carbonyl (C=O) groups is 2. The summed E-state index contributed by atoms with van der Waals surface area (Å²) in [7, 11) is -3.61. The van der Waals surface area contributed by atoms with Crippen LogP contribution < -0.4 is 20.7 Å². The standard InChI is InChI=1S/C24H30N8O7S/c1-5-25-21(33)17-16-18(39-24(3,4)38-16)22(37-17)32-12-28-15-19(26-11-27-20(15)32)31-23(34)30-13-7-9-14(10-8-13)40(35,36)29-6-2/h7-12,16-18,22,29H,5-6H2,1-4H3,(H,25,33)(H2,26,27,30,31,34)/t16-,17+,18-,22-/m1/s1. The first kappa shape index (κ1) is 27.9. The van der Waals surface area contributed by atoms with Crippen LogP contribution in [-0.2, 0) is 29.0 Å². The second-order valence-corrected chi connectivity index (χ2v) is 11.3. The maximum Gasteiger partial charge on any atom is 0.324 e. The van der Waals surface area contributed by atoms with E-state index in [9.17, 15) is 18.0 Å². The Morgan fingerprint density at radius 1 is 1.00 bits per heavy atom. The van der Waals surface area contributed by atoms with Crippen LogP contribution in [0.5, 0.6) is 0 Å². The minimum absolute atomic E-state index is 0.0779. The molecule has 1 aromatic carbocycles. The average molecular weight is 575 g/mol. The van der Waals surface area contributed by atoms with Crippen molar-refractivity contribution < 1.29 is 32.2 Å². The number of sulfonamides is 1. The first-order chi connectivity index (χ1) is 19.0. The quantitative estimate of drug-likeness (QED) is 0.305. The summed E-state index contributed by atoms with van der Waals surface area (Å²) in [4.78, 5) is 38.3. The van der Waals surface area contributed by atoms with Crippen LogP contribution in [0.2, 0.25) is 0 Å². The lowest BCUT2D eigenvalue weighted by Crippen LogP contribution is -2.42. The smallest absolute Gasteiger partial charge is 0.324 e. The third-order valence-electron chi connectivity index (χ3n) is 6.26. The third kappa shape index (κ3) is 5.35. The molecule has 3 amide bonds. The molecule has 4 atom stereocenters. The third-order valence-corrected chi connectivity index (χ3v) is 7.82. The van der Waals surface area contributed by atoms with Crippen molar-refractivity contribution in [2.45, 2.75) is 62.9 Å². The minimum Gasteiger partial charge on any atom is -0.354 e. The molecule has 0 bridgehead atoms. The molecule has 15 nitrogen and oxygen atoms in total. The number of rotatable bonds is 8. The molecular weight excluding hydrogens is 544 g/mol. The molecule has 0 radical (unpaired) electrons. The Kier molecular flexibility index (Phi) is 7.45. The first-order valence-electron chi connectivity index (χ1n) is 12.7. The Morgan fingerprint density at radius 3 is 2.42 bits per heavy atom. The highest BCUT2D eigenvalue weighted by atomic mass is 32.2. The largest absolute Gasteiger partial charge is 0.354 e. The molecule has 2 saturated heterocycles. The fraction of sp³-hybridized carbons (Fsp3) is 0.458. The number of likely N-dealkylation sites (N-methyl/N-ethyl adjacent to an activating group) is 1. The number of urea groups is 1. The van der Waals surface area contributed by atoms with E-state index in [0.717, 1.165) is 0 Å². The predicted octanol–water partition coefficient (Wildman–Crippen LogP) is 1.32. The fourth-order valence-corrected chi connectivity index (χ4v) is 5.72. The van der Waals surface area contributed by atoms with E-state index >= 15 is 0 Å². The molecule has 16 heteroatoms. The molecule has 2 aromatic heterocycles. The maximum absolute atomic E-state index is 12.7. The number of nitrogens with zero attached hydrogens (tertiary/aromatic N) is 4. The van der Waals surface area contributed by atoms with E-state index in [1.54, 1.807) is 25.3 Å². The summed E-state index contributed by atoms with van der Waals surface area (Å²) < 4.78 is 46.4. The minimum atomic E-state index is -3.61. The second-order valence-electron chi connectivity index (χ2n) is 9.56. The van der Waals surface area contributed by atoms with Crippen molar-refractivity contribution in [3.63, 3.8) is 0 Å². The van der Waals surface area contributed by atoms with Crippen molar-refractivity contribution in [2.75, 3.05) is 23.7 Å². The molecule has 2 aliphatic heterocycles. The molecule has 0 aliphatic carbocycles. The number of imidazole rings is 1. The fourth-order valence-electron chi connectivity index (χ4n) is 4.68. The highest BCUT2D eigenvalue weighted by Gasteiger charge is 2.58. The highest BCUT2D eigenvalue weighted by molar-refractivity contribution is 7.89. The predicted molar refractivity (Wildman–Crippen MR) is 142 cm³/mol. The molecule has 214 valence electrons. The van der Waals surface area contributed by atoms with Gasteiger partial charge in [0.1, 0.15) is 18.5 Å². The van der Waals surface area contributed by atoms with Gasteiger partial charge in [-0.1, -0.05) is 6.92 Å². The summed E-state index contributed by atoms with van der Waals surface area (Å²) >= 11 is 0. The van der Waals surface area contributed by atoms with Gasteiger partial charge in [-0.05, 0) is 45.0 Å². The van der Waals surface area contributed by atoms with Crippen molar-refractivity contribution in [3.8, 4) is 0 Å². The zero-order chi connectivity index (χ0) is 28.7. The molecule has 3 aromatic rings. The summed E-state index contributed by atoms with van der Waals surface area (Å²) in [5.41, 5.74) is 0.993. The normalized spacial score (nSPS) is 23.6. The van der Waals surface area contributed by atoms with Gasteiger partial charge in [0.2, 0.25) is 10.0 Å². The summed E-state index contributed by atoms with van der Waals surface area (Å²) in [6.07, 6.45) is -0.207. The molecule has 2 fully saturated rings. The van der Waals surface area contributed by atoms with Gasteiger partial charge in [0.15, 0.2) is 35.1 Å². The first-order valence-corrected chi connectivity index (χ1v) is 14.2. The van der Waals surface area contributed by atoms with Crippen LogP contribution in [0.4, 0.5) is 16.3 Å². The lowest BCUT2D eigenvalue weighted by Gasteiger charge is -2.24. The van der Waals surface area contributed by atoms with Gasteiger partial charge in [-0.2, -0.15) is 0 Å². The molecule has 40 heavy (non-hydrogen) atoms. The topological polar surface area (TPSA) is 188 Å². The average Bonchev–Trinajstić information content (AvgIpc) is 3.55. The molecule has 0 saturated carbocycles. The maximum atomic E-state index is 12.7. The summed E-state index contributed by atoms with van der Waals surface area (Å²) in [6.45, 7) is 7.72. The number of nitrogens with one attached hydrogen (secondary N) is 4. The van der Waals surface area contributed by atoms with E-state index in [1.165, 1.54) is 36.9 Å². The van der Waals surface area contributed by atoms with Gasteiger partial charge >= 0.3 is 6.03 Å². The molecule has 0 spiro atoms. The molecule has 5 rings (SSSR count). The number of fused-ring (bicyclic) bond motifs is 2. The van der Waals surface area contributed by atoms with E-state index in [0.29, 0.717) is 17.9 Å². The van der Waals surface area contributed by atoms with Crippen LogP contribution in [0.25, 0.3) is 11.2 Å². The number of benzene rings is 1. The van der Waals surface area contributed by atoms with Gasteiger partial charge in [-0.25, -0.2) is 32.9 Å². The van der Waals surface area contributed by atoms with E-state index in [4.69, 9.17) is 14.2 Å². The number of amides is 3.